The molecule has 1 aromatic heterocycles. The molecule has 0 aliphatic heterocycles. The largest absolute Gasteiger partial charge is 0.496 e. The highest BCUT2D eigenvalue weighted by Crippen LogP contribution is 2.33. The number of para-hydroxylation sites is 1. The molecule has 0 aliphatic carbocycles. The zero-order chi connectivity index (χ0) is 17.6. The van der Waals surface area contributed by atoms with E-state index in [2.05, 4.69) is 15.5 Å². The lowest BCUT2D eigenvalue weighted by atomic mass is 10.2. The first kappa shape index (κ1) is 16.9. The van der Waals surface area contributed by atoms with Crippen molar-refractivity contribution >= 4 is 22.4 Å². The van der Waals surface area contributed by atoms with Gasteiger partial charge in [-0.05, 0) is 36.8 Å². The van der Waals surface area contributed by atoms with Crippen molar-refractivity contribution in [2.24, 2.45) is 0 Å². The van der Waals surface area contributed by atoms with Crippen LogP contribution in [0.15, 0.2) is 48.5 Å². The summed E-state index contributed by atoms with van der Waals surface area (Å²) in [5.41, 5.74) is 1.91. The van der Waals surface area contributed by atoms with Gasteiger partial charge < -0.3 is 9.47 Å². The number of amides is 1. The maximum Gasteiger partial charge on any atom is 0.264 e. The van der Waals surface area contributed by atoms with Crippen LogP contribution in [0.25, 0.3) is 10.6 Å². The molecule has 0 saturated carbocycles. The summed E-state index contributed by atoms with van der Waals surface area (Å²) in [6, 6.07) is 15.1. The zero-order valence-corrected chi connectivity index (χ0v) is 14.7. The number of methoxy groups -OCH3 is 1. The molecular formula is C18H17N3O3S. The summed E-state index contributed by atoms with van der Waals surface area (Å²) < 4.78 is 10.8. The van der Waals surface area contributed by atoms with Gasteiger partial charge in [-0.25, -0.2) is 0 Å². The van der Waals surface area contributed by atoms with Crippen LogP contribution in [-0.4, -0.2) is 29.8 Å². The van der Waals surface area contributed by atoms with E-state index in [0.29, 0.717) is 21.6 Å². The lowest BCUT2D eigenvalue weighted by Gasteiger charge is -2.06. The van der Waals surface area contributed by atoms with Gasteiger partial charge in [0, 0.05) is 0 Å². The van der Waals surface area contributed by atoms with Gasteiger partial charge in [-0.15, -0.1) is 10.2 Å². The summed E-state index contributed by atoms with van der Waals surface area (Å²) >= 11 is 1.28. The third-order valence-corrected chi connectivity index (χ3v) is 4.24. The Morgan fingerprint density at radius 2 is 2.00 bits per heavy atom. The third-order valence-electron chi connectivity index (χ3n) is 3.37. The lowest BCUT2D eigenvalue weighted by Crippen LogP contribution is -2.20. The first-order valence-electron chi connectivity index (χ1n) is 7.62. The highest BCUT2D eigenvalue weighted by atomic mass is 32.1. The van der Waals surface area contributed by atoms with E-state index in [4.69, 9.17) is 9.47 Å². The summed E-state index contributed by atoms with van der Waals surface area (Å²) in [5, 5.41) is 11.9. The molecule has 7 heteroatoms. The molecule has 128 valence electrons. The van der Waals surface area contributed by atoms with Crippen molar-refractivity contribution in [1.29, 1.82) is 0 Å². The second kappa shape index (κ2) is 7.76. The van der Waals surface area contributed by atoms with Crippen molar-refractivity contribution in [1.82, 2.24) is 10.2 Å². The van der Waals surface area contributed by atoms with Crippen LogP contribution in [0.2, 0.25) is 0 Å². The van der Waals surface area contributed by atoms with Crippen molar-refractivity contribution in [2.75, 3.05) is 19.0 Å². The Bertz CT molecular complexity index is 879. The maximum atomic E-state index is 12.0. The van der Waals surface area contributed by atoms with Gasteiger partial charge in [0.25, 0.3) is 5.91 Å². The van der Waals surface area contributed by atoms with Crippen LogP contribution in [0, 0.1) is 6.92 Å². The van der Waals surface area contributed by atoms with Crippen LogP contribution in [0.4, 0.5) is 5.13 Å². The molecule has 0 atom stereocenters. The monoisotopic (exact) mass is 355 g/mol. The average Bonchev–Trinajstić information content (AvgIpc) is 3.08. The van der Waals surface area contributed by atoms with Gasteiger partial charge >= 0.3 is 0 Å². The summed E-state index contributed by atoms with van der Waals surface area (Å²) in [7, 11) is 1.60. The van der Waals surface area contributed by atoms with E-state index in [1.807, 2.05) is 55.5 Å². The molecule has 1 amide bonds. The Hall–Kier alpha value is -2.93. The van der Waals surface area contributed by atoms with Crippen LogP contribution in [-0.2, 0) is 4.79 Å². The van der Waals surface area contributed by atoms with Gasteiger partial charge in [-0.1, -0.05) is 35.6 Å². The van der Waals surface area contributed by atoms with Gasteiger partial charge in [-0.3, -0.25) is 10.1 Å². The van der Waals surface area contributed by atoms with Crippen LogP contribution >= 0.6 is 11.3 Å². The Labute approximate surface area is 149 Å². The molecular weight excluding hydrogens is 338 g/mol. The smallest absolute Gasteiger partial charge is 0.264 e. The molecule has 0 bridgehead atoms. The van der Waals surface area contributed by atoms with E-state index < -0.39 is 0 Å². The number of rotatable bonds is 6. The fourth-order valence-electron chi connectivity index (χ4n) is 2.21. The van der Waals surface area contributed by atoms with E-state index in [1.54, 1.807) is 7.11 Å². The molecule has 0 unspecified atom stereocenters. The Morgan fingerprint density at radius 3 is 2.80 bits per heavy atom. The first-order chi connectivity index (χ1) is 12.2. The molecule has 0 aliphatic rings. The van der Waals surface area contributed by atoms with E-state index in [-0.39, 0.29) is 12.5 Å². The number of anilines is 1. The molecule has 2 aromatic carbocycles. The number of nitrogens with zero attached hydrogens (tertiary/aromatic N) is 2. The van der Waals surface area contributed by atoms with Gasteiger partial charge in [0.2, 0.25) is 5.13 Å². The number of aryl methyl sites for hydroxylation is 1. The number of aromatic nitrogens is 2. The number of carbonyl (C=O) groups is 1. The number of hydrogen-bond acceptors (Lipinski definition) is 6. The second-order valence-corrected chi connectivity index (χ2v) is 6.24. The fraction of sp³-hybridized carbons (Fsp3) is 0.167. The Balaban J connectivity index is 1.62. The molecule has 0 spiro atoms. The standard InChI is InChI=1S/C18H17N3O3S/c1-12-6-5-7-13(10-12)24-11-16(22)19-18-21-20-17(25-18)14-8-3-4-9-15(14)23-2/h3-10H,11H2,1-2H3,(H,19,21,22). The minimum Gasteiger partial charge on any atom is -0.496 e. The number of carbonyl (C=O) groups excluding carboxylic acids is 1. The van der Waals surface area contributed by atoms with Crippen molar-refractivity contribution < 1.29 is 14.3 Å². The third kappa shape index (κ3) is 4.33. The maximum absolute atomic E-state index is 12.0. The number of nitrogens with one attached hydrogen (secondary N) is 1. The van der Waals surface area contributed by atoms with Crippen LogP contribution < -0.4 is 14.8 Å². The van der Waals surface area contributed by atoms with E-state index in [0.717, 1.165) is 11.1 Å². The van der Waals surface area contributed by atoms with Crippen LogP contribution in [0.3, 0.4) is 0 Å². The van der Waals surface area contributed by atoms with E-state index >= 15 is 0 Å². The predicted molar refractivity (Wildman–Crippen MR) is 97.2 cm³/mol. The van der Waals surface area contributed by atoms with Crippen molar-refractivity contribution in [2.45, 2.75) is 6.92 Å². The molecule has 3 aromatic rings. The minimum atomic E-state index is -0.288. The summed E-state index contributed by atoms with van der Waals surface area (Å²) in [4.78, 5) is 12.0. The Morgan fingerprint density at radius 1 is 1.16 bits per heavy atom. The summed E-state index contributed by atoms with van der Waals surface area (Å²) in [5.74, 6) is 1.07. The van der Waals surface area contributed by atoms with E-state index in [1.165, 1.54) is 11.3 Å². The van der Waals surface area contributed by atoms with Crippen LogP contribution in [0.5, 0.6) is 11.5 Å². The Kier molecular flexibility index (Phi) is 5.25. The molecule has 3 rings (SSSR count). The molecule has 0 saturated heterocycles. The van der Waals surface area contributed by atoms with Crippen molar-refractivity contribution in [3.05, 3.63) is 54.1 Å². The highest BCUT2D eigenvalue weighted by molar-refractivity contribution is 7.18. The molecule has 0 radical (unpaired) electrons. The molecule has 6 nitrogen and oxygen atoms in total. The zero-order valence-electron chi connectivity index (χ0n) is 13.9. The minimum absolute atomic E-state index is 0.0903. The molecule has 0 fully saturated rings. The van der Waals surface area contributed by atoms with Gasteiger partial charge in [0.15, 0.2) is 11.6 Å². The molecule has 1 N–H and O–H groups in total. The van der Waals surface area contributed by atoms with E-state index in [9.17, 15) is 4.79 Å². The SMILES string of the molecule is COc1ccccc1-c1nnc(NC(=O)COc2cccc(C)c2)s1. The lowest BCUT2D eigenvalue weighted by molar-refractivity contribution is -0.118. The topological polar surface area (TPSA) is 73.3 Å². The second-order valence-electron chi connectivity index (χ2n) is 5.27. The summed E-state index contributed by atoms with van der Waals surface area (Å²) in [6.45, 7) is 1.88. The van der Waals surface area contributed by atoms with Gasteiger partial charge in [-0.2, -0.15) is 0 Å². The van der Waals surface area contributed by atoms with Crippen LogP contribution in [0.1, 0.15) is 5.56 Å². The van der Waals surface area contributed by atoms with Gasteiger partial charge in [0.1, 0.15) is 11.5 Å². The number of hydrogen-bond donors (Lipinski definition) is 1. The highest BCUT2D eigenvalue weighted by Gasteiger charge is 2.13. The number of benzene rings is 2. The fourth-order valence-corrected chi connectivity index (χ4v) is 3.00. The van der Waals surface area contributed by atoms with Crippen molar-refractivity contribution in [3.8, 4) is 22.1 Å². The summed E-state index contributed by atoms with van der Waals surface area (Å²) in [6.07, 6.45) is 0. The molecule has 25 heavy (non-hydrogen) atoms. The normalized spacial score (nSPS) is 10.3. The average molecular weight is 355 g/mol. The van der Waals surface area contributed by atoms with Gasteiger partial charge in [0.05, 0.1) is 12.7 Å². The first-order valence-corrected chi connectivity index (χ1v) is 8.43. The van der Waals surface area contributed by atoms with Crippen molar-refractivity contribution in [3.63, 3.8) is 0 Å². The molecule has 1 heterocycles. The quantitative estimate of drug-likeness (QED) is 0.732. The number of ether oxygens (including phenoxy) is 2. The predicted octanol–water partition coefficient (Wildman–Crippen LogP) is 3.54.